The van der Waals surface area contributed by atoms with Crippen molar-refractivity contribution in [2.45, 2.75) is 51.0 Å². The summed E-state index contributed by atoms with van der Waals surface area (Å²) in [6, 6.07) is 10.5. The Hall–Kier alpha value is -1.84. The predicted octanol–water partition coefficient (Wildman–Crippen LogP) is 2.43. The van der Waals surface area contributed by atoms with Gasteiger partial charge in [-0.05, 0) is 49.5 Å². The molecule has 0 spiro atoms. The summed E-state index contributed by atoms with van der Waals surface area (Å²) in [5, 5.41) is 6.14. The largest absolute Gasteiger partial charge is 0.354 e. The first-order valence-electron chi connectivity index (χ1n) is 9.27. The predicted molar refractivity (Wildman–Crippen MR) is 92.2 cm³/mol. The Balaban J connectivity index is 1.52. The van der Waals surface area contributed by atoms with Crippen LogP contribution >= 0.6 is 0 Å². The number of benzene rings is 1. The van der Waals surface area contributed by atoms with E-state index in [1.54, 1.807) is 0 Å². The fraction of sp³-hybridized carbons (Fsp3) is 0.600. The molecule has 2 bridgehead atoms. The lowest BCUT2D eigenvalue weighted by Crippen LogP contribution is -2.54. The van der Waals surface area contributed by atoms with Crippen molar-refractivity contribution in [3.8, 4) is 0 Å². The number of nitrogens with one attached hydrogen (secondary N) is 2. The average molecular weight is 326 g/mol. The molecule has 2 aliphatic carbocycles. The number of amides is 2. The van der Waals surface area contributed by atoms with Gasteiger partial charge in [-0.15, -0.1) is 0 Å². The highest BCUT2D eigenvalue weighted by Crippen LogP contribution is 2.57. The van der Waals surface area contributed by atoms with Gasteiger partial charge >= 0.3 is 0 Å². The molecule has 1 saturated heterocycles. The van der Waals surface area contributed by atoms with E-state index in [0.717, 1.165) is 25.2 Å². The van der Waals surface area contributed by atoms with Crippen LogP contribution in [0.15, 0.2) is 30.3 Å². The van der Waals surface area contributed by atoms with Crippen molar-refractivity contribution in [3.05, 3.63) is 35.9 Å². The highest BCUT2D eigenvalue weighted by molar-refractivity contribution is 5.85. The molecule has 0 unspecified atom stereocenters. The summed E-state index contributed by atoms with van der Waals surface area (Å²) in [5.74, 6) is 1.55. The molecular weight excluding hydrogens is 300 g/mol. The zero-order chi connectivity index (χ0) is 16.6. The highest BCUT2D eigenvalue weighted by atomic mass is 16.2. The average Bonchev–Trinajstić information content (AvgIpc) is 3.19. The molecule has 4 rings (SSSR count). The van der Waals surface area contributed by atoms with E-state index in [9.17, 15) is 9.59 Å². The molecule has 1 aliphatic heterocycles. The number of fused-ring (bicyclic) bond motifs is 2. The summed E-state index contributed by atoms with van der Waals surface area (Å²) in [6.07, 6.45) is 6.83. The van der Waals surface area contributed by atoms with Crippen LogP contribution in [0.3, 0.4) is 0 Å². The Labute approximate surface area is 143 Å². The van der Waals surface area contributed by atoms with Gasteiger partial charge in [-0.3, -0.25) is 9.59 Å². The lowest BCUT2D eigenvalue weighted by Gasteiger charge is -2.38. The highest BCUT2D eigenvalue weighted by Gasteiger charge is 2.55. The van der Waals surface area contributed by atoms with Crippen molar-refractivity contribution < 1.29 is 9.59 Å². The zero-order valence-electron chi connectivity index (χ0n) is 14.1. The lowest BCUT2D eigenvalue weighted by molar-refractivity contribution is -0.136. The molecule has 2 N–H and O–H groups in total. The van der Waals surface area contributed by atoms with Crippen LogP contribution in [0.2, 0.25) is 0 Å². The number of carbonyl (C=O) groups excluding carboxylic acids is 2. The first kappa shape index (κ1) is 15.7. The van der Waals surface area contributed by atoms with Gasteiger partial charge in [0, 0.05) is 19.0 Å². The van der Waals surface area contributed by atoms with Crippen LogP contribution in [-0.2, 0) is 16.0 Å². The van der Waals surface area contributed by atoms with Crippen molar-refractivity contribution in [3.63, 3.8) is 0 Å². The van der Waals surface area contributed by atoms with Gasteiger partial charge in [0.2, 0.25) is 11.8 Å². The summed E-state index contributed by atoms with van der Waals surface area (Å²) in [7, 11) is 0. The van der Waals surface area contributed by atoms with Gasteiger partial charge in [0.15, 0.2) is 0 Å². The molecule has 1 aromatic carbocycles. The van der Waals surface area contributed by atoms with E-state index in [0.29, 0.717) is 18.9 Å². The second-order valence-electron chi connectivity index (χ2n) is 7.91. The summed E-state index contributed by atoms with van der Waals surface area (Å²) in [6.45, 7) is 0.570. The van der Waals surface area contributed by atoms with E-state index in [-0.39, 0.29) is 23.3 Å². The number of rotatable bonds is 4. The fourth-order valence-electron chi connectivity index (χ4n) is 5.16. The Bertz CT molecular complexity index is 620. The van der Waals surface area contributed by atoms with E-state index in [2.05, 4.69) is 34.9 Å². The standard InChI is InChI=1S/C20H26N2O2/c23-18-9-8-17(13-21-18)22-19(24)20(11-14-4-2-1-3-5-14)12-15-6-7-16(20)10-15/h1-5,15-17H,6-13H2,(H,21,23)(H,22,24)/t15-,16-,17-,20-/m1/s1. The summed E-state index contributed by atoms with van der Waals surface area (Å²) in [5.41, 5.74) is 1.02. The van der Waals surface area contributed by atoms with E-state index in [1.807, 2.05) is 6.07 Å². The Morgan fingerprint density at radius 1 is 1.21 bits per heavy atom. The maximum Gasteiger partial charge on any atom is 0.227 e. The molecule has 3 aliphatic rings. The van der Waals surface area contributed by atoms with Gasteiger partial charge < -0.3 is 10.6 Å². The summed E-state index contributed by atoms with van der Waals surface area (Å²) in [4.78, 5) is 24.6. The molecule has 4 nitrogen and oxygen atoms in total. The van der Waals surface area contributed by atoms with Crippen LogP contribution in [0.25, 0.3) is 0 Å². The first-order chi connectivity index (χ1) is 11.7. The second-order valence-corrected chi connectivity index (χ2v) is 7.91. The minimum Gasteiger partial charge on any atom is -0.354 e. The van der Waals surface area contributed by atoms with Gasteiger partial charge in [-0.25, -0.2) is 0 Å². The monoisotopic (exact) mass is 326 g/mol. The van der Waals surface area contributed by atoms with E-state index < -0.39 is 0 Å². The topological polar surface area (TPSA) is 58.2 Å². The third kappa shape index (κ3) is 2.83. The van der Waals surface area contributed by atoms with Crippen molar-refractivity contribution in [2.24, 2.45) is 17.3 Å². The van der Waals surface area contributed by atoms with Gasteiger partial charge in [0.25, 0.3) is 0 Å². The van der Waals surface area contributed by atoms with E-state index in [4.69, 9.17) is 0 Å². The summed E-state index contributed by atoms with van der Waals surface area (Å²) >= 11 is 0. The van der Waals surface area contributed by atoms with Gasteiger partial charge in [0.05, 0.1) is 5.41 Å². The molecule has 2 saturated carbocycles. The van der Waals surface area contributed by atoms with Gasteiger partial charge in [-0.2, -0.15) is 0 Å². The SMILES string of the molecule is O=C1CC[C@@H](NC(=O)[C@]2(Cc3ccccc3)C[C@@H]3CC[C@@H]2C3)CN1. The van der Waals surface area contributed by atoms with Crippen molar-refractivity contribution in [2.75, 3.05) is 6.54 Å². The van der Waals surface area contributed by atoms with Crippen molar-refractivity contribution in [1.29, 1.82) is 0 Å². The molecule has 2 amide bonds. The number of hydrogen-bond donors (Lipinski definition) is 2. The van der Waals surface area contributed by atoms with Crippen molar-refractivity contribution >= 4 is 11.8 Å². The van der Waals surface area contributed by atoms with Crippen LogP contribution in [0.4, 0.5) is 0 Å². The van der Waals surface area contributed by atoms with Gasteiger partial charge in [-0.1, -0.05) is 36.8 Å². The molecular formula is C20H26N2O2. The number of hydrogen-bond acceptors (Lipinski definition) is 2. The van der Waals surface area contributed by atoms with E-state index >= 15 is 0 Å². The lowest BCUT2D eigenvalue weighted by atomic mass is 9.68. The Kier molecular flexibility index (Phi) is 4.07. The minimum absolute atomic E-state index is 0.0852. The quantitative estimate of drug-likeness (QED) is 0.893. The number of piperidine rings is 1. The van der Waals surface area contributed by atoms with Crippen LogP contribution in [0.1, 0.15) is 44.1 Å². The summed E-state index contributed by atoms with van der Waals surface area (Å²) < 4.78 is 0. The van der Waals surface area contributed by atoms with Crippen LogP contribution in [-0.4, -0.2) is 24.4 Å². The first-order valence-corrected chi connectivity index (χ1v) is 9.27. The fourth-order valence-corrected chi connectivity index (χ4v) is 5.16. The molecule has 1 heterocycles. The Morgan fingerprint density at radius 2 is 2.04 bits per heavy atom. The minimum atomic E-state index is -0.244. The molecule has 4 heteroatoms. The maximum atomic E-state index is 13.3. The molecule has 3 fully saturated rings. The normalized spacial score (nSPS) is 34.8. The third-order valence-electron chi connectivity index (χ3n) is 6.39. The number of carbonyl (C=O) groups is 2. The molecule has 128 valence electrons. The molecule has 1 aromatic rings. The van der Waals surface area contributed by atoms with E-state index in [1.165, 1.54) is 24.8 Å². The van der Waals surface area contributed by atoms with Gasteiger partial charge in [0.1, 0.15) is 0 Å². The second kappa shape index (κ2) is 6.23. The Morgan fingerprint density at radius 3 is 2.67 bits per heavy atom. The molecule has 24 heavy (non-hydrogen) atoms. The van der Waals surface area contributed by atoms with Crippen molar-refractivity contribution in [1.82, 2.24) is 10.6 Å². The third-order valence-corrected chi connectivity index (χ3v) is 6.39. The van der Waals surface area contributed by atoms with Crippen LogP contribution in [0, 0.1) is 17.3 Å². The smallest absolute Gasteiger partial charge is 0.227 e. The maximum absolute atomic E-state index is 13.3. The van der Waals surface area contributed by atoms with Crippen LogP contribution < -0.4 is 10.6 Å². The molecule has 4 atom stereocenters. The molecule has 0 radical (unpaired) electrons. The molecule has 0 aromatic heterocycles. The zero-order valence-corrected chi connectivity index (χ0v) is 14.1. The van der Waals surface area contributed by atoms with Crippen LogP contribution in [0.5, 0.6) is 0 Å².